The Hall–Kier alpha value is -10.6. The fraction of sp³-hybridized carbons (Fsp3) is 0.0282. The third kappa shape index (κ3) is 8.15. The lowest BCUT2D eigenvalue weighted by Crippen LogP contribution is -2.11. The van der Waals surface area contributed by atoms with Crippen molar-refractivity contribution in [2.45, 2.75) is 12.4 Å². The van der Waals surface area contributed by atoms with E-state index in [2.05, 4.69) is 69.8 Å². The molecule has 0 atom stereocenters. The van der Waals surface area contributed by atoms with Crippen LogP contribution in [-0.2, 0) is 12.4 Å². The van der Waals surface area contributed by atoms with Gasteiger partial charge < -0.3 is 13.7 Å². The molecule has 0 N–H and O–H groups in total. The van der Waals surface area contributed by atoms with Crippen LogP contribution in [0.4, 0.5) is 26.3 Å². The Morgan fingerprint density at radius 3 is 0.940 bits per heavy atom. The quantitative estimate of drug-likeness (QED) is 0.143. The molecule has 0 aliphatic rings. The Labute approximate surface area is 470 Å². The van der Waals surface area contributed by atoms with E-state index in [0.29, 0.717) is 32.9 Å². The smallest absolute Gasteiger partial charge is 0.309 e. The molecule has 0 amide bonds. The lowest BCUT2D eigenvalue weighted by molar-refractivity contribution is -0.137. The van der Waals surface area contributed by atoms with Crippen LogP contribution in [-0.4, -0.2) is 28.7 Å². The van der Waals surface area contributed by atoms with Crippen LogP contribution in [0.3, 0.4) is 0 Å². The molecule has 4 aromatic heterocycles. The molecule has 0 radical (unpaired) electrons. The van der Waals surface area contributed by atoms with Gasteiger partial charge in [0.25, 0.3) is 0 Å². The number of para-hydroxylation sites is 4. The van der Waals surface area contributed by atoms with Gasteiger partial charge in [-0.25, -0.2) is 15.0 Å². The highest BCUT2D eigenvalue weighted by molar-refractivity contribution is 6.15. The lowest BCUT2D eigenvalue weighted by Gasteiger charge is -2.24. The molecule has 11 aromatic carbocycles. The van der Waals surface area contributed by atoms with E-state index < -0.39 is 23.5 Å². The highest BCUT2D eigenvalue weighted by atomic mass is 19.4. The number of aromatic nitrogens is 6. The van der Waals surface area contributed by atoms with E-state index in [9.17, 15) is 0 Å². The molecular weight excluding hydrogens is 1050 g/mol. The Morgan fingerprint density at radius 1 is 0.253 bits per heavy atom. The predicted octanol–water partition coefficient (Wildman–Crippen LogP) is 19.5. The molecule has 0 unspecified atom stereocenters. The summed E-state index contributed by atoms with van der Waals surface area (Å²) >= 11 is 0. The van der Waals surface area contributed by atoms with Gasteiger partial charge in [-0.05, 0) is 96.1 Å². The van der Waals surface area contributed by atoms with Gasteiger partial charge in [-0.3, -0.25) is 0 Å². The van der Waals surface area contributed by atoms with Gasteiger partial charge in [-0.15, -0.1) is 0 Å². The zero-order chi connectivity index (χ0) is 56.1. The van der Waals surface area contributed by atoms with E-state index in [1.807, 2.05) is 138 Å². The largest absolute Gasteiger partial charge is 0.417 e. The zero-order valence-electron chi connectivity index (χ0n) is 43.7. The summed E-state index contributed by atoms with van der Waals surface area (Å²) in [4.78, 5) is 14.8. The second kappa shape index (κ2) is 19.0. The first-order chi connectivity index (χ1) is 40.5. The van der Waals surface area contributed by atoms with Crippen LogP contribution < -0.4 is 0 Å². The van der Waals surface area contributed by atoms with E-state index in [-0.39, 0.29) is 51.0 Å². The molecule has 0 saturated heterocycles. The summed E-state index contributed by atoms with van der Waals surface area (Å²) in [6.45, 7) is 0. The van der Waals surface area contributed by atoms with Crippen molar-refractivity contribution in [2.75, 3.05) is 0 Å². The van der Waals surface area contributed by atoms with Gasteiger partial charge in [0.05, 0.1) is 49.9 Å². The van der Waals surface area contributed by atoms with Crippen LogP contribution in [0.5, 0.6) is 0 Å². The van der Waals surface area contributed by atoms with Gasteiger partial charge >= 0.3 is 12.4 Å². The van der Waals surface area contributed by atoms with Crippen molar-refractivity contribution in [1.29, 1.82) is 0 Å². The molecule has 398 valence electrons. The summed E-state index contributed by atoms with van der Waals surface area (Å²) in [5, 5.41) is 5.59. The third-order valence-corrected chi connectivity index (χ3v) is 15.7. The lowest BCUT2D eigenvalue weighted by atomic mass is 9.88. The standard InChI is InChI=1S/C71H42F6N6/c72-70(73,74)58-29-13-7-23-48(58)56-39-45(69-79-67(43-19-3-1-4-20-43)78-68(80-69)44-21-5-2-6-22-44)40-57(49-24-8-14-30-59(49)71(75,76)77)66(56)83-64-37-35-46(81-60-31-15-9-25-50(60)51-26-10-16-32-61(51)81)41-54(64)55-42-47(36-38-65(55)83)82-62-33-17-11-27-52(62)53-28-12-18-34-63(53)82/h1-42H. The molecule has 15 rings (SSSR count). The second-order valence-corrected chi connectivity index (χ2v) is 20.5. The van der Waals surface area contributed by atoms with E-state index in [4.69, 9.17) is 15.0 Å². The minimum Gasteiger partial charge on any atom is -0.309 e. The van der Waals surface area contributed by atoms with Crippen molar-refractivity contribution < 1.29 is 26.3 Å². The Balaban J connectivity index is 1.11. The second-order valence-electron chi connectivity index (χ2n) is 20.5. The Morgan fingerprint density at radius 2 is 0.566 bits per heavy atom. The summed E-state index contributed by atoms with van der Waals surface area (Å²) in [7, 11) is 0. The van der Waals surface area contributed by atoms with Crippen LogP contribution in [0, 0.1) is 0 Å². The maximum atomic E-state index is 15.9. The Kier molecular flexibility index (Phi) is 11.3. The van der Waals surface area contributed by atoms with Crippen molar-refractivity contribution in [3.63, 3.8) is 0 Å². The predicted molar refractivity (Wildman–Crippen MR) is 320 cm³/mol. The van der Waals surface area contributed by atoms with Crippen LogP contribution in [0.1, 0.15) is 11.1 Å². The van der Waals surface area contributed by atoms with Gasteiger partial charge in [-0.1, -0.05) is 170 Å². The van der Waals surface area contributed by atoms with Crippen molar-refractivity contribution >= 4 is 65.4 Å². The van der Waals surface area contributed by atoms with Crippen LogP contribution in [0.2, 0.25) is 0 Å². The van der Waals surface area contributed by atoms with Gasteiger partial charge in [0, 0.05) is 71.5 Å². The molecule has 15 aromatic rings. The first kappa shape index (κ1) is 49.5. The first-order valence-electron chi connectivity index (χ1n) is 26.9. The zero-order valence-corrected chi connectivity index (χ0v) is 43.7. The first-order valence-corrected chi connectivity index (χ1v) is 26.9. The van der Waals surface area contributed by atoms with E-state index in [1.165, 1.54) is 36.4 Å². The van der Waals surface area contributed by atoms with Gasteiger partial charge in [-0.2, -0.15) is 26.3 Å². The average Bonchev–Trinajstić information content (AvgIpc) is 3.19. The maximum absolute atomic E-state index is 15.9. The normalized spacial score (nSPS) is 12.2. The summed E-state index contributed by atoms with van der Waals surface area (Å²) in [5.41, 5.74) is 5.48. The number of alkyl halides is 6. The van der Waals surface area contributed by atoms with Gasteiger partial charge in [0.15, 0.2) is 17.5 Å². The number of hydrogen-bond acceptors (Lipinski definition) is 3. The molecule has 12 heteroatoms. The highest BCUT2D eigenvalue weighted by Crippen LogP contribution is 2.50. The minimum atomic E-state index is -4.91. The molecule has 4 heterocycles. The summed E-state index contributed by atoms with van der Waals surface area (Å²) in [5.74, 6) is 0.552. The van der Waals surface area contributed by atoms with Crippen molar-refractivity contribution in [3.8, 4) is 73.5 Å². The number of halogens is 6. The topological polar surface area (TPSA) is 53.5 Å². The summed E-state index contributed by atoms with van der Waals surface area (Å²) in [6, 6.07) is 76.4. The number of hydrogen-bond donors (Lipinski definition) is 0. The van der Waals surface area contributed by atoms with E-state index in [0.717, 1.165) is 67.1 Å². The van der Waals surface area contributed by atoms with Crippen LogP contribution in [0.15, 0.2) is 255 Å². The van der Waals surface area contributed by atoms with Gasteiger partial charge in [0.1, 0.15) is 0 Å². The van der Waals surface area contributed by atoms with Crippen LogP contribution in [0.25, 0.3) is 139 Å². The molecule has 0 bridgehead atoms. The van der Waals surface area contributed by atoms with Crippen LogP contribution >= 0.6 is 0 Å². The van der Waals surface area contributed by atoms with Crippen molar-refractivity contribution in [1.82, 2.24) is 28.7 Å². The number of rotatable bonds is 8. The molecular formula is C71H42F6N6. The Bertz CT molecular complexity index is 4660. The molecule has 0 aliphatic carbocycles. The summed E-state index contributed by atoms with van der Waals surface area (Å²) < 4.78 is 101. The monoisotopic (exact) mass is 1090 g/mol. The van der Waals surface area contributed by atoms with E-state index >= 15 is 26.3 Å². The van der Waals surface area contributed by atoms with Crippen molar-refractivity contribution in [2.24, 2.45) is 0 Å². The molecule has 0 spiro atoms. The molecule has 0 fully saturated rings. The number of nitrogens with zero attached hydrogens (tertiary/aromatic N) is 6. The molecule has 0 saturated carbocycles. The maximum Gasteiger partial charge on any atom is 0.417 e. The SMILES string of the molecule is FC(F)(F)c1ccccc1-c1cc(-c2nc(-c3ccccc3)nc(-c3ccccc3)n2)cc(-c2ccccc2C(F)(F)F)c1-n1c2ccc(-n3c4ccccc4c4ccccc43)cc2c2cc(-n3c4ccccc4c4ccccc43)ccc21. The summed E-state index contributed by atoms with van der Waals surface area (Å²) in [6.07, 6.45) is -9.81. The fourth-order valence-electron chi connectivity index (χ4n) is 12.2. The fourth-order valence-corrected chi connectivity index (χ4v) is 12.2. The molecule has 6 nitrogen and oxygen atoms in total. The number of fused-ring (bicyclic) bond motifs is 9. The van der Waals surface area contributed by atoms with Gasteiger partial charge in [0.2, 0.25) is 0 Å². The highest BCUT2D eigenvalue weighted by Gasteiger charge is 2.38. The van der Waals surface area contributed by atoms with Crippen molar-refractivity contribution in [3.05, 3.63) is 266 Å². The minimum absolute atomic E-state index is 0.0120. The average molecular weight is 1090 g/mol. The third-order valence-electron chi connectivity index (χ3n) is 15.7. The molecule has 83 heavy (non-hydrogen) atoms. The number of benzene rings is 11. The van der Waals surface area contributed by atoms with E-state index in [1.54, 1.807) is 12.1 Å². The molecule has 0 aliphatic heterocycles.